The molecule has 0 fully saturated rings. The van der Waals surface area contributed by atoms with Crippen LogP contribution >= 0.6 is 0 Å². The highest BCUT2D eigenvalue weighted by Gasteiger charge is 2.14. The van der Waals surface area contributed by atoms with Crippen LogP contribution in [0, 0.1) is 0 Å². The molecule has 0 aliphatic rings. The third kappa shape index (κ3) is 13.3. The Labute approximate surface area is 229 Å². The normalized spacial score (nSPS) is 10.7. The predicted octanol–water partition coefficient (Wildman–Crippen LogP) is 8.09. The van der Waals surface area contributed by atoms with Gasteiger partial charge >= 0.3 is 5.97 Å². The molecule has 0 saturated carbocycles. The van der Waals surface area contributed by atoms with E-state index in [-0.39, 0.29) is 0 Å². The predicted molar refractivity (Wildman–Crippen MR) is 159 cm³/mol. The lowest BCUT2D eigenvalue weighted by atomic mass is 10.0. The first kappa shape index (κ1) is 36.1. The summed E-state index contributed by atoms with van der Waals surface area (Å²) in [5.74, 6) is 1.22. The van der Waals surface area contributed by atoms with Crippen molar-refractivity contribution >= 4 is 23.9 Å². The summed E-state index contributed by atoms with van der Waals surface area (Å²) in [6.45, 7) is 13.8. The molecule has 208 valence electrons. The molecule has 0 aliphatic carbocycles. The quantitative estimate of drug-likeness (QED) is 0.0781. The number of carbonyl (C=O) groups is 2. The van der Waals surface area contributed by atoms with Gasteiger partial charge in [0.25, 0.3) is 0 Å². The Bertz CT molecular complexity index is 1040. The van der Waals surface area contributed by atoms with E-state index in [2.05, 4.69) is 0 Å². The average Bonchev–Trinajstić information content (AvgIpc) is 3.00. The number of hydrogen-bond donors (Lipinski definition) is 0. The second kappa shape index (κ2) is 23.3. The van der Waals surface area contributed by atoms with Crippen LogP contribution in [0.25, 0.3) is 11.6 Å². The first-order chi connectivity index (χ1) is 18.5. The van der Waals surface area contributed by atoms with Crippen LogP contribution in [0.15, 0.2) is 78.6 Å². The highest BCUT2D eigenvalue weighted by Crippen LogP contribution is 2.28. The smallest absolute Gasteiger partial charge is 0.338 e. The van der Waals surface area contributed by atoms with Crippen molar-refractivity contribution in [2.45, 2.75) is 48.5 Å². The maximum Gasteiger partial charge on any atom is 0.338 e. The summed E-state index contributed by atoms with van der Waals surface area (Å²) in [5.41, 5.74) is 2.19. The zero-order valence-corrected chi connectivity index (χ0v) is 24.5. The van der Waals surface area contributed by atoms with Crippen LogP contribution in [-0.4, -0.2) is 33.6 Å². The molecule has 0 unspecified atom stereocenters. The summed E-state index contributed by atoms with van der Waals surface area (Å²) in [7, 11) is 4.44. The van der Waals surface area contributed by atoms with E-state index >= 15 is 0 Å². The number of esters is 1. The molecule has 0 atom stereocenters. The van der Waals surface area contributed by atoms with E-state index < -0.39 is 5.97 Å². The van der Waals surface area contributed by atoms with Gasteiger partial charge in [0.2, 0.25) is 0 Å². The molecule has 0 aromatic heterocycles. The van der Waals surface area contributed by atoms with Crippen molar-refractivity contribution < 1.29 is 28.5 Å². The monoisotopic (exact) mass is 524 g/mol. The summed E-state index contributed by atoms with van der Waals surface area (Å²) in [6, 6.07) is 12.4. The maximum absolute atomic E-state index is 12.5. The summed E-state index contributed by atoms with van der Waals surface area (Å²) >= 11 is 0. The van der Waals surface area contributed by atoms with Gasteiger partial charge in [-0.25, -0.2) is 4.79 Å². The van der Waals surface area contributed by atoms with Gasteiger partial charge in [-0.05, 0) is 60.5 Å². The molecule has 6 heteroatoms. The fourth-order valence-electron chi connectivity index (χ4n) is 2.78. The number of rotatable bonds is 10. The van der Waals surface area contributed by atoms with Gasteiger partial charge in [-0.2, -0.15) is 0 Å². The standard InChI is InChI=1S/C26H26O6.3C2H6/c1-5-8-19(18-27)9-7-12-32-22-11-6-10-21(16-22)25(26(28)31-4)15-20-13-23(29-2)17-24(14-20)30-3;3*1-2/h5-18H,1-4H3;3*1-2H3/b8-5-,12-7+,19-9+,25-15-;;;. The first-order valence-electron chi connectivity index (χ1n) is 12.8. The van der Waals surface area contributed by atoms with Crippen molar-refractivity contribution in [1.82, 2.24) is 0 Å². The number of methoxy groups -OCH3 is 3. The van der Waals surface area contributed by atoms with Crippen LogP contribution in [0.5, 0.6) is 17.2 Å². The van der Waals surface area contributed by atoms with E-state index in [4.69, 9.17) is 18.9 Å². The second-order valence-corrected chi connectivity index (χ2v) is 6.45. The topological polar surface area (TPSA) is 71.1 Å². The molecular formula is C32H44O6. The zero-order chi connectivity index (χ0) is 29.3. The van der Waals surface area contributed by atoms with Crippen molar-refractivity contribution in [1.29, 1.82) is 0 Å². The van der Waals surface area contributed by atoms with E-state index in [1.807, 2.05) is 48.5 Å². The van der Waals surface area contributed by atoms with E-state index in [1.54, 1.807) is 87.1 Å². The molecule has 38 heavy (non-hydrogen) atoms. The van der Waals surface area contributed by atoms with Gasteiger partial charge < -0.3 is 18.9 Å². The van der Waals surface area contributed by atoms with Gasteiger partial charge in [0.1, 0.15) is 23.5 Å². The largest absolute Gasteiger partial charge is 0.497 e. The lowest BCUT2D eigenvalue weighted by molar-refractivity contribution is -0.133. The van der Waals surface area contributed by atoms with Gasteiger partial charge in [0.05, 0.1) is 33.2 Å². The summed E-state index contributed by atoms with van der Waals surface area (Å²) < 4.78 is 21.2. The third-order valence-corrected chi connectivity index (χ3v) is 4.30. The van der Waals surface area contributed by atoms with Crippen LogP contribution in [-0.2, 0) is 14.3 Å². The Morgan fingerprint density at radius 3 is 1.92 bits per heavy atom. The van der Waals surface area contributed by atoms with Crippen LogP contribution in [0.1, 0.15) is 59.6 Å². The lowest BCUT2D eigenvalue weighted by Crippen LogP contribution is -2.04. The molecule has 2 aromatic rings. The first-order valence-corrected chi connectivity index (χ1v) is 12.8. The molecule has 0 aliphatic heterocycles. The van der Waals surface area contributed by atoms with Crippen molar-refractivity contribution in [2.24, 2.45) is 0 Å². The zero-order valence-electron chi connectivity index (χ0n) is 24.5. The molecule has 2 aromatic carbocycles. The molecule has 0 saturated heterocycles. The molecule has 6 nitrogen and oxygen atoms in total. The highest BCUT2D eigenvalue weighted by molar-refractivity contribution is 6.21. The molecule has 0 heterocycles. The summed E-state index contributed by atoms with van der Waals surface area (Å²) in [4.78, 5) is 23.5. The molecular weight excluding hydrogens is 480 g/mol. The minimum atomic E-state index is -0.496. The number of hydrogen-bond acceptors (Lipinski definition) is 6. The number of ether oxygens (including phenoxy) is 4. The summed E-state index contributed by atoms with van der Waals surface area (Å²) in [6.07, 6.45) is 10.6. The lowest BCUT2D eigenvalue weighted by Gasteiger charge is -2.10. The van der Waals surface area contributed by atoms with Gasteiger partial charge in [-0.15, -0.1) is 0 Å². The molecule has 0 amide bonds. The Hall–Kier alpha value is -4.06. The van der Waals surface area contributed by atoms with Crippen LogP contribution in [0.3, 0.4) is 0 Å². The number of allylic oxidation sites excluding steroid dienone is 5. The van der Waals surface area contributed by atoms with Crippen molar-refractivity contribution in [3.63, 3.8) is 0 Å². The average molecular weight is 525 g/mol. The number of carbonyl (C=O) groups excluding carboxylic acids is 2. The van der Waals surface area contributed by atoms with Crippen LogP contribution in [0.4, 0.5) is 0 Å². The van der Waals surface area contributed by atoms with Crippen molar-refractivity contribution in [3.8, 4) is 17.2 Å². The molecule has 2 rings (SSSR count). The molecule has 0 N–H and O–H groups in total. The number of benzene rings is 2. The highest BCUT2D eigenvalue weighted by atomic mass is 16.5. The Morgan fingerprint density at radius 2 is 1.42 bits per heavy atom. The van der Waals surface area contributed by atoms with Crippen LogP contribution in [0.2, 0.25) is 0 Å². The minimum Gasteiger partial charge on any atom is -0.497 e. The maximum atomic E-state index is 12.5. The molecule has 0 bridgehead atoms. The minimum absolute atomic E-state index is 0.341. The molecule has 0 spiro atoms. The Balaban J connectivity index is 0. The fourth-order valence-corrected chi connectivity index (χ4v) is 2.78. The summed E-state index contributed by atoms with van der Waals surface area (Å²) in [5, 5.41) is 0. The van der Waals surface area contributed by atoms with E-state index in [0.29, 0.717) is 39.5 Å². The van der Waals surface area contributed by atoms with Gasteiger partial charge in [0, 0.05) is 11.6 Å². The third-order valence-electron chi connectivity index (χ3n) is 4.30. The second-order valence-electron chi connectivity index (χ2n) is 6.45. The van der Waals surface area contributed by atoms with Crippen molar-refractivity contribution in [2.75, 3.05) is 21.3 Å². The molecule has 0 radical (unpaired) electrons. The van der Waals surface area contributed by atoms with Crippen molar-refractivity contribution in [3.05, 3.63) is 89.7 Å². The number of aldehydes is 1. The SMILES string of the molecule is CC.CC.CC.C\C=C/C(C=O)=C\C=C\Oc1cccc(/C(=C/c2cc(OC)cc(OC)c2)C(=O)OC)c1. The fraction of sp³-hybridized carbons (Fsp3) is 0.312. The van der Waals surface area contributed by atoms with E-state index in [9.17, 15) is 9.59 Å². The van der Waals surface area contributed by atoms with E-state index in [1.165, 1.54) is 13.4 Å². The van der Waals surface area contributed by atoms with Gasteiger partial charge in [-0.3, -0.25) is 4.79 Å². The van der Waals surface area contributed by atoms with Gasteiger partial charge in [0.15, 0.2) is 0 Å². The van der Waals surface area contributed by atoms with E-state index in [0.717, 1.165) is 6.29 Å². The Morgan fingerprint density at radius 1 is 0.816 bits per heavy atom. The van der Waals surface area contributed by atoms with Crippen LogP contribution < -0.4 is 14.2 Å². The Kier molecular flexibility index (Phi) is 22.2. The van der Waals surface area contributed by atoms with Gasteiger partial charge in [-0.1, -0.05) is 65.8 Å².